The topological polar surface area (TPSA) is 82.2 Å². The number of nitrogens with one attached hydrogen (secondary N) is 1. The first-order valence-corrected chi connectivity index (χ1v) is 8.96. The van der Waals surface area contributed by atoms with E-state index in [0.717, 1.165) is 31.5 Å². The zero-order valence-corrected chi connectivity index (χ0v) is 15.5. The maximum atomic E-state index is 12.7. The molecule has 1 aliphatic rings. The molecule has 1 aliphatic heterocycles. The van der Waals surface area contributed by atoms with Crippen molar-refractivity contribution in [3.8, 4) is 6.07 Å². The van der Waals surface area contributed by atoms with Gasteiger partial charge in [-0.15, -0.1) is 0 Å². The van der Waals surface area contributed by atoms with Crippen molar-refractivity contribution in [3.05, 3.63) is 47.0 Å². The highest BCUT2D eigenvalue weighted by atomic mass is 16.4. The highest BCUT2D eigenvalue weighted by molar-refractivity contribution is 5.94. The molecule has 1 fully saturated rings. The summed E-state index contributed by atoms with van der Waals surface area (Å²) in [5.41, 5.74) is 2.43. The number of piperidine rings is 1. The molecular formula is C20H24N4O2. The third kappa shape index (κ3) is 3.63. The smallest absolute Gasteiger partial charge is 0.243 e. The number of aryl methyl sites for hydroxylation is 1. The van der Waals surface area contributed by atoms with Crippen LogP contribution in [-0.2, 0) is 4.79 Å². The van der Waals surface area contributed by atoms with Gasteiger partial charge in [0, 0.05) is 24.5 Å². The summed E-state index contributed by atoms with van der Waals surface area (Å²) in [7, 11) is 0. The quantitative estimate of drug-likeness (QED) is 0.912. The van der Waals surface area contributed by atoms with Gasteiger partial charge in [0.1, 0.15) is 17.4 Å². The first-order chi connectivity index (χ1) is 12.5. The molecule has 1 amide bonds. The van der Waals surface area contributed by atoms with Crippen LogP contribution in [0.25, 0.3) is 0 Å². The van der Waals surface area contributed by atoms with E-state index in [2.05, 4.69) is 21.3 Å². The van der Waals surface area contributed by atoms with Gasteiger partial charge in [0.2, 0.25) is 11.8 Å². The van der Waals surface area contributed by atoms with Crippen molar-refractivity contribution in [2.75, 3.05) is 18.4 Å². The number of furan rings is 1. The molecule has 0 spiro atoms. The Morgan fingerprint density at radius 3 is 2.85 bits per heavy atom. The van der Waals surface area contributed by atoms with Crippen molar-refractivity contribution in [1.82, 2.24) is 9.88 Å². The Hall–Kier alpha value is -2.65. The number of pyridine rings is 1. The number of hydrogen-bond donors (Lipinski definition) is 1. The van der Waals surface area contributed by atoms with Crippen molar-refractivity contribution in [2.24, 2.45) is 0 Å². The van der Waals surface area contributed by atoms with Crippen LogP contribution in [-0.4, -0.2) is 34.9 Å². The van der Waals surface area contributed by atoms with E-state index in [-0.39, 0.29) is 17.8 Å². The number of likely N-dealkylation sites (tertiary alicyclic amines) is 1. The maximum absolute atomic E-state index is 12.7. The van der Waals surface area contributed by atoms with Crippen LogP contribution in [0.4, 0.5) is 5.88 Å². The predicted molar refractivity (Wildman–Crippen MR) is 98.8 cm³/mol. The normalized spacial score (nSPS) is 18.9. The largest absolute Gasteiger partial charge is 0.444 e. The average molecular weight is 352 g/mol. The van der Waals surface area contributed by atoms with Gasteiger partial charge in [0.15, 0.2) is 0 Å². The van der Waals surface area contributed by atoms with E-state index in [1.807, 2.05) is 38.4 Å². The summed E-state index contributed by atoms with van der Waals surface area (Å²) < 4.78 is 5.56. The number of carbonyl (C=O) groups is 1. The van der Waals surface area contributed by atoms with Gasteiger partial charge in [-0.1, -0.05) is 0 Å². The maximum Gasteiger partial charge on any atom is 0.243 e. The Balaban J connectivity index is 1.69. The van der Waals surface area contributed by atoms with Gasteiger partial charge >= 0.3 is 0 Å². The van der Waals surface area contributed by atoms with E-state index in [0.29, 0.717) is 17.2 Å². The van der Waals surface area contributed by atoms with Gasteiger partial charge in [-0.3, -0.25) is 20.0 Å². The minimum atomic E-state index is -0.295. The van der Waals surface area contributed by atoms with Crippen LogP contribution in [0.1, 0.15) is 48.1 Å². The van der Waals surface area contributed by atoms with Gasteiger partial charge in [0.05, 0.1) is 6.04 Å². The Morgan fingerprint density at radius 2 is 2.15 bits per heavy atom. The Kier molecular flexibility index (Phi) is 5.38. The molecule has 2 atom stereocenters. The second kappa shape index (κ2) is 7.71. The molecule has 3 rings (SSSR count). The van der Waals surface area contributed by atoms with Crippen LogP contribution in [0.15, 0.2) is 28.9 Å². The minimum absolute atomic E-state index is 0.148. The van der Waals surface area contributed by atoms with Crippen LogP contribution in [0.5, 0.6) is 0 Å². The lowest BCUT2D eigenvalue weighted by molar-refractivity contribution is -0.121. The summed E-state index contributed by atoms with van der Waals surface area (Å²) in [5.74, 6) is 1.16. The molecule has 0 aromatic carbocycles. The summed E-state index contributed by atoms with van der Waals surface area (Å²) >= 11 is 0. The second-order valence-corrected chi connectivity index (χ2v) is 6.88. The van der Waals surface area contributed by atoms with E-state index in [4.69, 9.17) is 4.42 Å². The fourth-order valence-corrected chi connectivity index (χ4v) is 3.50. The zero-order valence-electron chi connectivity index (χ0n) is 15.5. The van der Waals surface area contributed by atoms with E-state index in [1.165, 1.54) is 5.56 Å². The molecule has 0 aliphatic carbocycles. The third-order valence-electron chi connectivity index (χ3n) is 5.29. The molecule has 1 saturated heterocycles. The van der Waals surface area contributed by atoms with Crippen molar-refractivity contribution in [3.63, 3.8) is 0 Å². The first kappa shape index (κ1) is 18.2. The van der Waals surface area contributed by atoms with E-state index >= 15 is 0 Å². The predicted octanol–water partition coefficient (Wildman–Crippen LogP) is 3.37. The van der Waals surface area contributed by atoms with E-state index in [9.17, 15) is 10.1 Å². The van der Waals surface area contributed by atoms with Crippen LogP contribution >= 0.6 is 0 Å². The summed E-state index contributed by atoms with van der Waals surface area (Å²) in [6, 6.07) is 5.91. The Morgan fingerprint density at radius 1 is 1.42 bits per heavy atom. The molecule has 0 radical (unpaired) electrons. The molecule has 6 nitrogen and oxygen atoms in total. The van der Waals surface area contributed by atoms with Gasteiger partial charge in [-0.05, 0) is 63.8 Å². The molecule has 6 heteroatoms. The van der Waals surface area contributed by atoms with Gasteiger partial charge in [-0.2, -0.15) is 5.26 Å². The van der Waals surface area contributed by atoms with Crippen molar-refractivity contribution in [2.45, 2.75) is 45.6 Å². The molecule has 3 heterocycles. The lowest BCUT2D eigenvalue weighted by atomic mass is 9.90. The summed E-state index contributed by atoms with van der Waals surface area (Å²) in [4.78, 5) is 19.0. The number of nitriles is 1. The van der Waals surface area contributed by atoms with Crippen LogP contribution in [0.2, 0.25) is 0 Å². The fourth-order valence-electron chi connectivity index (χ4n) is 3.50. The molecule has 0 bridgehead atoms. The SMILES string of the molecule is Cc1oc(NC(=O)C(C)N2CCCC(c3ccncc3)C2)c(C#N)c1C. The van der Waals surface area contributed by atoms with Gasteiger partial charge in [-0.25, -0.2) is 0 Å². The van der Waals surface area contributed by atoms with Crippen LogP contribution < -0.4 is 5.32 Å². The molecule has 2 aromatic rings. The van der Waals surface area contributed by atoms with Crippen molar-refractivity contribution < 1.29 is 9.21 Å². The highest BCUT2D eigenvalue weighted by Gasteiger charge is 2.29. The Labute approximate surface area is 153 Å². The lowest BCUT2D eigenvalue weighted by Gasteiger charge is -2.36. The summed E-state index contributed by atoms with van der Waals surface area (Å²) in [6.45, 7) is 7.23. The van der Waals surface area contributed by atoms with Crippen LogP contribution in [0.3, 0.4) is 0 Å². The monoisotopic (exact) mass is 352 g/mol. The zero-order chi connectivity index (χ0) is 18.7. The second-order valence-electron chi connectivity index (χ2n) is 6.88. The van der Waals surface area contributed by atoms with Crippen molar-refractivity contribution >= 4 is 11.8 Å². The standard InChI is InChI=1S/C20H24N4O2/c1-13-15(3)26-20(18(13)11-21)23-19(25)14(2)24-10-4-5-17(12-24)16-6-8-22-9-7-16/h6-9,14,17H,4-5,10,12H2,1-3H3,(H,23,25). The van der Waals surface area contributed by atoms with Crippen molar-refractivity contribution in [1.29, 1.82) is 5.26 Å². The van der Waals surface area contributed by atoms with Gasteiger partial charge < -0.3 is 4.42 Å². The molecule has 1 N–H and O–H groups in total. The molecule has 26 heavy (non-hydrogen) atoms. The van der Waals surface area contributed by atoms with Gasteiger partial charge in [0.25, 0.3) is 0 Å². The number of anilines is 1. The number of carbonyl (C=O) groups excluding carboxylic acids is 1. The molecule has 0 saturated carbocycles. The average Bonchev–Trinajstić information content (AvgIpc) is 2.94. The fraction of sp³-hybridized carbons (Fsp3) is 0.450. The summed E-state index contributed by atoms with van der Waals surface area (Å²) in [6.07, 6.45) is 5.79. The lowest BCUT2D eigenvalue weighted by Crippen LogP contribution is -2.46. The number of rotatable bonds is 4. The highest BCUT2D eigenvalue weighted by Crippen LogP contribution is 2.29. The Bertz CT molecular complexity index is 822. The summed E-state index contributed by atoms with van der Waals surface area (Å²) in [5, 5.41) is 12.1. The third-order valence-corrected chi connectivity index (χ3v) is 5.29. The minimum Gasteiger partial charge on any atom is -0.444 e. The molecule has 2 aromatic heterocycles. The number of amides is 1. The molecular weight excluding hydrogens is 328 g/mol. The number of hydrogen-bond acceptors (Lipinski definition) is 5. The number of nitrogens with zero attached hydrogens (tertiary/aromatic N) is 3. The van der Waals surface area contributed by atoms with Crippen LogP contribution in [0, 0.1) is 25.2 Å². The van der Waals surface area contributed by atoms with E-state index in [1.54, 1.807) is 6.92 Å². The number of aromatic nitrogens is 1. The van der Waals surface area contributed by atoms with E-state index < -0.39 is 0 Å². The molecule has 2 unspecified atom stereocenters. The molecule has 136 valence electrons. The first-order valence-electron chi connectivity index (χ1n) is 8.96.